The van der Waals surface area contributed by atoms with Crippen LogP contribution in [0.15, 0.2) is 79.1 Å². The molecular weight excluding hydrogens is 537 g/mol. The van der Waals surface area contributed by atoms with E-state index in [0.717, 1.165) is 33.4 Å². The number of nitrogens with one attached hydrogen (secondary N) is 1. The summed E-state index contributed by atoms with van der Waals surface area (Å²) in [4.78, 5) is 15.4. The highest BCUT2D eigenvalue weighted by Crippen LogP contribution is 2.39. The fourth-order valence-corrected chi connectivity index (χ4v) is 4.99. The standard InChI is InChI=1S/C30H29Cl2N3O4/c1-19(37)33-15-21-4-2-5-23(12-21)24-6-3-7-25(13-24)30-38-26(16-35-18-34-28(31)29(35)32)14-27(39-30)22-10-8-20(17-36)9-11-22/h2-13,18,26-27,30,36H,14-17H2,1H3,(H,33,37). The number of benzene rings is 3. The first kappa shape index (κ1) is 27.4. The number of carbonyl (C=O) groups excluding carboxylic acids is 1. The van der Waals surface area contributed by atoms with Crippen LogP contribution in [0.2, 0.25) is 10.3 Å². The summed E-state index contributed by atoms with van der Waals surface area (Å²) in [6.07, 6.45) is 1.14. The lowest BCUT2D eigenvalue weighted by Crippen LogP contribution is -2.32. The second-order valence-corrected chi connectivity index (χ2v) is 10.3. The lowest BCUT2D eigenvalue weighted by Gasteiger charge is -2.36. The Kier molecular flexibility index (Phi) is 8.65. The number of amides is 1. The van der Waals surface area contributed by atoms with Crippen molar-refractivity contribution in [1.29, 1.82) is 0 Å². The normalized spacial score (nSPS) is 19.1. The van der Waals surface area contributed by atoms with Gasteiger partial charge in [0.15, 0.2) is 11.4 Å². The van der Waals surface area contributed by atoms with Gasteiger partial charge in [0.1, 0.15) is 5.15 Å². The molecule has 39 heavy (non-hydrogen) atoms. The predicted molar refractivity (Wildman–Crippen MR) is 150 cm³/mol. The van der Waals surface area contributed by atoms with Crippen LogP contribution in [0.3, 0.4) is 0 Å². The lowest BCUT2D eigenvalue weighted by molar-refractivity contribution is -0.252. The summed E-state index contributed by atoms with van der Waals surface area (Å²) in [5, 5.41) is 12.9. The Morgan fingerprint density at radius 3 is 2.44 bits per heavy atom. The van der Waals surface area contributed by atoms with Crippen molar-refractivity contribution in [2.75, 3.05) is 0 Å². The molecule has 0 saturated carbocycles. The molecule has 5 rings (SSSR count). The third-order valence-electron chi connectivity index (χ3n) is 6.71. The zero-order valence-electron chi connectivity index (χ0n) is 21.4. The molecule has 4 aromatic rings. The van der Waals surface area contributed by atoms with Crippen LogP contribution < -0.4 is 5.32 Å². The number of halogens is 2. The molecule has 7 nitrogen and oxygen atoms in total. The maximum atomic E-state index is 11.3. The molecule has 1 amide bonds. The molecule has 3 atom stereocenters. The van der Waals surface area contributed by atoms with E-state index in [4.69, 9.17) is 32.7 Å². The van der Waals surface area contributed by atoms with Crippen molar-refractivity contribution in [3.63, 3.8) is 0 Å². The third-order valence-corrected chi connectivity index (χ3v) is 7.48. The van der Waals surface area contributed by atoms with E-state index in [0.29, 0.717) is 24.7 Å². The SMILES string of the molecule is CC(=O)NCc1cccc(-c2cccc(C3OC(Cn4cnc(Cl)c4Cl)CC(c4ccc(CO)cc4)O3)c2)c1. The van der Waals surface area contributed by atoms with Crippen LogP contribution in [-0.2, 0) is 34.0 Å². The van der Waals surface area contributed by atoms with Gasteiger partial charge in [0.25, 0.3) is 0 Å². The molecule has 1 aliphatic heterocycles. The third kappa shape index (κ3) is 6.69. The fraction of sp³-hybridized carbons (Fsp3) is 0.267. The van der Waals surface area contributed by atoms with E-state index in [1.807, 2.05) is 60.7 Å². The van der Waals surface area contributed by atoms with Gasteiger partial charge < -0.3 is 24.5 Å². The van der Waals surface area contributed by atoms with Gasteiger partial charge in [0.2, 0.25) is 5.91 Å². The monoisotopic (exact) mass is 565 g/mol. The molecule has 3 aromatic carbocycles. The van der Waals surface area contributed by atoms with Crippen molar-refractivity contribution >= 4 is 29.1 Å². The first-order valence-electron chi connectivity index (χ1n) is 12.7. The zero-order valence-corrected chi connectivity index (χ0v) is 22.9. The maximum absolute atomic E-state index is 11.3. The summed E-state index contributed by atoms with van der Waals surface area (Å²) in [5.74, 6) is -0.0663. The van der Waals surface area contributed by atoms with Crippen molar-refractivity contribution < 1.29 is 19.4 Å². The van der Waals surface area contributed by atoms with E-state index < -0.39 is 6.29 Å². The summed E-state index contributed by atoms with van der Waals surface area (Å²) < 4.78 is 14.7. The van der Waals surface area contributed by atoms with Gasteiger partial charge in [-0.05, 0) is 39.9 Å². The van der Waals surface area contributed by atoms with Gasteiger partial charge in [-0.1, -0.05) is 83.9 Å². The molecule has 1 aromatic heterocycles. The van der Waals surface area contributed by atoms with Crippen LogP contribution in [0, 0.1) is 0 Å². The van der Waals surface area contributed by atoms with Gasteiger partial charge >= 0.3 is 0 Å². The van der Waals surface area contributed by atoms with Crippen molar-refractivity contribution in [3.8, 4) is 11.1 Å². The van der Waals surface area contributed by atoms with E-state index in [9.17, 15) is 9.90 Å². The smallest absolute Gasteiger partial charge is 0.217 e. The fourth-order valence-electron chi connectivity index (χ4n) is 4.67. The van der Waals surface area contributed by atoms with E-state index in [1.165, 1.54) is 6.92 Å². The highest BCUT2D eigenvalue weighted by Gasteiger charge is 2.33. The number of rotatable bonds is 8. The van der Waals surface area contributed by atoms with Crippen molar-refractivity contribution in [2.24, 2.45) is 0 Å². The molecule has 0 spiro atoms. The molecule has 9 heteroatoms. The maximum Gasteiger partial charge on any atom is 0.217 e. The number of carbonyl (C=O) groups is 1. The first-order valence-corrected chi connectivity index (χ1v) is 13.5. The summed E-state index contributed by atoms with van der Waals surface area (Å²) >= 11 is 12.4. The van der Waals surface area contributed by atoms with Gasteiger partial charge in [-0.25, -0.2) is 4.98 Å². The minimum Gasteiger partial charge on any atom is -0.392 e. The molecule has 0 bridgehead atoms. The van der Waals surface area contributed by atoms with Gasteiger partial charge in [0.05, 0.1) is 31.7 Å². The van der Waals surface area contributed by atoms with E-state index in [2.05, 4.69) is 22.4 Å². The molecule has 2 N–H and O–H groups in total. The minimum absolute atomic E-state index is 0.0150. The molecule has 2 heterocycles. The number of aromatic nitrogens is 2. The quantitative estimate of drug-likeness (QED) is 0.264. The molecule has 202 valence electrons. The number of hydrogen-bond donors (Lipinski definition) is 2. The lowest BCUT2D eigenvalue weighted by atomic mass is 9.98. The van der Waals surface area contributed by atoms with Crippen LogP contribution in [0.4, 0.5) is 0 Å². The average molecular weight is 566 g/mol. The van der Waals surface area contributed by atoms with Crippen LogP contribution in [-0.4, -0.2) is 26.7 Å². The largest absolute Gasteiger partial charge is 0.392 e. The summed E-state index contributed by atoms with van der Waals surface area (Å²) in [6, 6.07) is 23.9. The number of imidazole rings is 1. The molecule has 1 aliphatic rings. The molecule has 1 fully saturated rings. The first-order chi connectivity index (χ1) is 18.9. The van der Waals surface area contributed by atoms with Crippen LogP contribution >= 0.6 is 23.2 Å². The Bertz CT molecular complexity index is 1440. The Morgan fingerprint density at radius 1 is 1.00 bits per heavy atom. The molecular formula is C30H29Cl2N3O4. The van der Waals surface area contributed by atoms with E-state index in [-0.39, 0.29) is 29.9 Å². The van der Waals surface area contributed by atoms with Crippen LogP contribution in [0.5, 0.6) is 0 Å². The second kappa shape index (κ2) is 12.3. The number of ether oxygens (including phenoxy) is 2. The molecule has 0 aliphatic carbocycles. The summed E-state index contributed by atoms with van der Waals surface area (Å²) in [7, 11) is 0. The molecule has 0 radical (unpaired) electrons. The number of hydrogen-bond acceptors (Lipinski definition) is 5. The average Bonchev–Trinajstić information content (AvgIpc) is 3.28. The zero-order chi connectivity index (χ0) is 27.4. The summed E-state index contributed by atoms with van der Waals surface area (Å²) in [5.41, 5.74) is 5.79. The van der Waals surface area contributed by atoms with Crippen molar-refractivity contribution in [3.05, 3.63) is 112 Å². The predicted octanol–water partition coefficient (Wildman–Crippen LogP) is 6.23. The number of aliphatic hydroxyl groups is 1. The van der Waals surface area contributed by atoms with Gasteiger partial charge in [-0.3, -0.25) is 4.79 Å². The van der Waals surface area contributed by atoms with Crippen LogP contribution in [0.1, 0.15) is 48.0 Å². The Labute approximate surface area is 237 Å². The van der Waals surface area contributed by atoms with E-state index >= 15 is 0 Å². The Hall–Kier alpha value is -3.20. The van der Waals surface area contributed by atoms with Crippen LogP contribution in [0.25, 0.3) is 11.1 Å². The highest BCUT2D eigenvalue weighted by molar-refractivity contribution is 6.40. The van der Waals surface area contributed by atoms with Gasteiger partial charge in [-0.15, -0.1) is 0 Å². The topological polar surface area (TPSA) is 85.6 Å². The highest BCUT2D eigenvalue weighted by atomic mass is 35.5. The molecule has 1 saturated heterocycles. The van der Waals surface area contributed by atoms with Crippen molar-refractivity contribution in [2.45, 2.75) is 51.5 Å². The molecule has 3 unspecified atom stereocenters. The summed E-state index contributed by atoms with van der Waals surface area (Å²) in [6.45, 7) is 2.43. The van der Waals surface area contributed by atoms with Gasteiger partial charge in [-0.2, -0.15) is 0 Å². The van der Waals surface area contributed by atoms with Gasteiger partial charge in [0, 0.05) is 25.5 Å². The number of aliphatic hydroxyl groups excluding tert-OH is 1. The second-order valence-electron chi connectivity index (χ2n) is 9.56. The number of nitrogens with zero attached hydrogens (tertiary/aromatic N) is 2. The Morgan fingerprint density at radius 2 is 1.74 bits per heavy atom. The Balaban J connectivity index is 1.42. The minimum atomic E-state index is -0.619. The van der Waals surface area contributed by atoms with Crippen molar-refractivity contribution in [1.82, 2.24) is 14.9 Å². The van der Waals surface area contributed by atoms with E-state index in [1.54, 1.807) is 10.9 Å².